The number of oxazole rings is 1. The van der Waals surface area contributed by atoms with Crippen LogP contribution in [0.5, 0.6) is 5.75 Å². The molecule has 1 aromatic carbocycles. The summed E-state index contributed by atoms with van der Waals surface area (Å²) < 4.78 is 50.9. The van der Waals surface area contributed by atoms with Gasteiger partial charge < -0.3 is 25.1 Å². The summed E-state index contributed by atoms with van der Waals surface area (Å²) in [7, 11) is 1.34. The Morgan fingerprint density at radius 3 is 2.55 bits per heavy atom. The van der Waals surface area contributed by atoms with E-state index in [1.807, 2.05) is 0 Å². The summed E-state index contributed by atoms with van der Waals surface area (Å²) in [6.45, 7) is 0.873. The number of benzene rings is 1. The number of nitrogens with zero attached hydrogens (tertiary/aromatic N) is 5. The largest absolute Gasteiger partial charge is 0.494 e. The number of halogens is 3. The minimum atomic E-state index is -4.62. The van der Waals surface area contributed by atoms with Gasteiger partial charge in [-0.1, -0.05) is 0 Å². The molecule has 0 aliphatic carbocycles. The molecule has 1 aliphatic heterocycles. The molecular weight excluding hydrogens is 503 g/mol. The molecule has 1 amide bonds. The Kier molecular flexibility index (Phi) is 6.85. The van der Waals surface area contributed by atoms with Gasteiger partial charge in [0.1, 0.15) is 17.0 Å². The summed E-state index contributed by atoms with van der Waals surface area (Å²) in [5, 5.41) is 3.60. The lowest BCUT2D eigenvalue weighted by Gasteiger charge is -2.32. The molecule has 0 bridgehead atoms. The van der Waals surface area contributed by atoms with E-state index in [9.17, 15) is 18.0 Å². The number of rotatable bonds is 6. The molecule has 0 unspecified atom stereocenters. The van der Waals surface area contributed by atoms with Crippen molar-refractivity contribution >= 4 is 22.8 Å². The van der Waals surface area contributed by atoms with Crippen LogP contribution in [0.2, 0.25) is 0 Å². The number of alkyl halides is 3. The van der Waals surface area contributed by atoms with E-state index in [1.54, 1.807) is 29.4 Å². The van der Waals surface area contributed by atoms with Crippen LogP contribution in [0.25, 0.3) is 22.4 Å². The Balaban J connectivity index is 1.40. The Morgan fingerprint density at radius 1 is 1.16 bits per heavy atom. The third kappa shape index (κ3) is 4.96. The fourth-order valence-corrected chi connectivity index (χ4v) is 4.41. The highest BCUT2D eigenvalue weighted by molar-refractivity contribution is 5.98. The van der Waals surface area contributed by atoms with Crippen molar-refractivity contribution in [2.45, 2.75) is 31.6 Å². The lowest BCUT2D eigenvalue weighted by molar-refractivity contribution is -0.140. The zero-order valence-corrected chi connectivity index (χ0v) is 20.3. The SMILES string of the molecule is COc1ccc(-c2nc(C(=O)N3CCC(Nc4ncccn4)CC3)c(CN)o2)c2ccc(C(F)(F)F)nc12. The molecule has 1 saturated heterocycles. The predicted octanol–water partition coefficient (Wildman–Crippen LogP) is 3.88. The zero-order chi connectivity index (χ0) is 26.9. The van der Waals surface area contributed by atoms with E-state index in [0.29, 0.717) is 42.8 Å². The highest BCUT2D eigenvalue weighted by Gasteiger charge is 2.33. The van der Waals surface area contributed by atoms with Crippen LogP contribution >= 0.6 is 0 Å². The van der Waals surface area contributed by atoms with Gasteiger partial charge in [0.25, 0.3) is 5.91 Å². The molecule has 10 nitrogen and oxygen atoms in total. The van der Waals surface area contributed by atoms with Crippen LogP contribution < -0.4 is 15.8 Å². The Morgan fingerprint density at radius 2 is 1.89 bits per heavy atom. The number of likely N-dealkylation sites (tertiary alicyclic amines) is 1. The lowest BCUT2D eigenvalue weighted by Crippen LogP contribution is -2.43. The number of nitrogens with two attached hydrogens (primary N) is 1. The minimum Gasteiger partial charge on any atom is -0.494 e. The molecule has 5 rings (SSSR count). The van der Waals surface area contributed by atoms with Crippen molar-refractivity contribution in [3.8, 4) is 17.2 Å². The first kappa shape index (κ1) is 25.4. The number of ether oxygens (including phenoxy) is 1. The molecule has 198 valence electrons. The average molecular weight is 528 g/mol. The average Bonchev–Trinajstić information content (AvgIpc) is 3.36. The second kappa shape index (κ2) is 10.2. The summed E-state index contributed by atoms with van der Waals surface area (Å²) in [5.74, 6) is 0.610. The van der Waals surface area contributed by atoms with Gasteiger partial charge in [0.05, 0.1) is 13.7 Å². The highest BCUT2D eigenvalue weighted by Crippen LogP contribution is 2.37. The van der Waals surface area contributed by atoms with Gasteiger partial charge in [-0.05, 0) is 43.2 Å². The van der Waals surface area contributed by atoms with E-state index < -0.39 is 11.9 Å². The van der Waals surface area contributed by atoms with Gasteiger partial charge in [0.15, 0.2) is 11.5 Å². The third-order valence-corrected chi connectivity index (χ3v) is 6.33. The van der Waals surface area contributed by atoms with Gasteiger partial charge in [-0.2, -0.15) is 13.2 Å². The maximum absolute atomic E-state index is 13.4. The quantitative estimate of drug-likeness (QED) is 0.383. The maximum atomic E-state index is 13.4. The van der Waals surface area contributed by atoms with E-state index >= 15 is 0 Å². The number of carbonyl (C=O) groups excluding carboxylic acids is 1. The molecule has 4 aromatic rings. The number of amides is 1. The van der Waals surface area contributed by atoms with Crippen molar-refractivity contribution in [1.29, 1.82) is 0 Å². The van der Waals surface area contributed by atoms with E-state index in [4.69, 9.17) is 14.9 Å². The van der Waals surface area contributed by atoms with Gasteiger partial charge in [0.2, 0.25) is 11.8 Å². The van der Waals surface area contributed by atoms with Crippen molar-refractivity contribution in [3.63, 3.8) is 0 Å². The second-order valence-electron chi connectivity index (χ2n) is 8.68. The number of anilines is 1. The monoisotopic (exact) mass is 527 g/mol. The number of piperidine rings is 1. The van der Waals surface area contributed by atoms with E-state index in [2.05, 4.69) is 25.3 Å². The number of hydrogen-bond donors (Lipinski definition) is 2. The Bertz CT molecular complexity index is 1450. The van der Waals surface area contributed by atoms with E-state index in [-0.39, 0.29) is 47.1 Å². The highest BCUT2D eigenvalue weighted by atomic mass is 19.4. The molecule has 0 radical (unpaired) electrons. The standard InChI is InChI=1S/C25H24F3N7O3/c1-37-17-5-3-16(15-4-6-19(25(26,27)28)33-20(15)17)22-34-21(18(13-29)38-22)23(36)35-11-7-14(8-12-35)32-24-30-9-2-10-31-24/h2-6,9-10,14H,7-8,11-13,29H2,1H3,(H,30,31,32). The molecule has 3 aromatic heterocycles. The molecule has 1 fully saturated rings. The number of fused-ring (bicyclic) bond motifs is 1. The van der Waals surface area contributed by atoms with Crippen molar-refractivity contribution in [2.24, 2.45) is 5.73 Å². The van der Waals surface area contributed by atoms with Crippen LogP contribution in [-0.4, -0.2) is 57.0 Å². The minimum absolute atomic E-state index is 0.00262. The summed E-state index contributed by atoms with van der Waals surface area (Å²) in [5.41, 5.74) is 5.24. The molecule has 0 spiro atoms. The van der Waals surface area contributed by atoms with E-state index in [0.717, 1.165) is 6.07 Å². The van der Waals surface area contributed by atoms with Crippen molar-refractivity contribution in [3.05, 3.63) is 59.9 Å². The van der Waals surface area contributed by atoms with Crippen LogP contribution in [0.3, 0.4) is 0 Å². The molecule has 1 aliphatic rings. The fourth-order valence-electron chi connectivity index (χ4n) is 4.41. The first-order chi connectivity index (χ1) is 18.3. The maximum Gasteiger partial charge on any atom is 0.433 e. The lowest BCUT2D eigenvalue weighted by atomic mass is 10.0. The number of nitrogens with one attached hydrogen (secondary N) is 1. The molecule has 38 heavy (non-hydrogen) atoms. The van der Waals surface area contributed by atoms with Gasteiger partial charge in [-0.15, -0.1) is 0 Å². The summed E-state index contributed by atoms with van der Waals surface area (Å²) in [4.78, 5) is 31.6. The zero-order valence-electron chi connectivity index (χ0n) is 20.3. The topological polar surface area (TPSA) is 132 Å². The van der Waals surface area contributed by atoms with Crippen LogP contribution in [0, 0.1) is 0 Å². The van der Waals surface area contributed by atoms with Crippen molar-refractivity contribution in [1.82, 2.24) is 24.8 Å². The first-order valence-electron chi connectivity index (χ1n) is 11.9. The van der Waals surface area contributed by atoms with Gasteiger partial charge >= 0.3 is 6.18 Å². The van der Waals surface area contributed by atoms with Gasteiger partial charge in [-0.3, -0.25) is 4.79 Å². The van der Waals surface area contributed by atoms with Crippen LogP contribution in [-0.2, 0) is 12.7 Å². The van der Waals surface area contributed by atoms with Crippen molar-refractivity contribution in [2.75, 3.05) is 25.5 Å². The van der Waals surface area contributed by atoms with Crippen LogP contribution in [0.15, 0.2) is 47.1 Å². The number of carbonyl (C=O) groups is 1. The molecule has 0 saturated carbocycles. The van der Waals surface area contributed by atoms with E-state index in [1.165, 1.54) is 19.2 Å². The number of hydrogen-bond acceptors (Lipinski definition) is 9. The first-order valence-corrected chi connectivity index (χ1v) is 11.9. The molecule has 3 N–H and O–H groups in total. The van der Waals surface area contributed by atoms with Crippen LogP contribution in [0.1, 0.15) is 34.8 Å². The number of methoxy groups -OCH3 is 1. The third-order valence-electron chi connectivity index (χ3n) is 6.33. The molecule has 0 atom stereocenters. The summed E-state index contributed by atoms with van der Waals surface area (Å²) in [6, 6.07) is 7.08. The van der Waals surface area contributed by atoms with Crippen LogP contribution in [0.4, 0.5) is 19.1 Å². The van der Waals surface area contributed by atoms with Gasteiger partial charge in [-0.25, -0.2) is 19.9 Å². The molecular formula is C25H24F3N7O3. The predicted molar refractivity (Wildman–Crippen MR) is 131 cm³/mol. The normalized spacial score (nSPS) is 14.6. The Hall–Kier alpha value is -4.26. The Labute approximate surface area is 215 Å². The van der Waals surface area contributed by atoms with Crippen molar-refractivity contribution < 1.29 is 27.1 Å². The second-order valence-corrected chi connectivity index (χ2v) is 8.68. The fraction of sp³-hybridized carbons (Fsp3) is 0.320. The molecule has 13 heteroatoms. The summed E-state index contributed by atoms with van der Waals surface area (Å²) >= 11 is 0. The molecule has 4 heterocycles. The van der Waals surface area contributed by atoms with Gasteiger partial charge in [0, 0.05) is 42.5 Å². The number of aromatic nitrogens is 4. The smallest absolute Gasteiger partial charge is 0.433 e. The number of pyridine rings is 1. The summed E-state index contributed by atoms with van der Waals surface area (Å²) in [6.07, 6.45) is 0.0527.